The number of ether oxygens (including phenoxy) is 7. The molecule has 12 heteroatoms. The second-order valence-corrected chi connectivity index (χ2v) is 6.82. The first-order chi connectivity index (χ1) is 15.5. The van der Waals surface area contributed by atoms with E-state index in [1.54, 1.807) is 0 Å². The fourth-order valence-electron chi connectivity index (χ4n) is 2.83. The van der Waals surface area contributed by atoms with Gasteiger partial charge in [-0.25, -0.2) is 0 Å². The number of hydrogen-bond donors (Lipinski definition) is 0. The summed E-state index contributed by atoms with van der Waals surface area (Å²) >= 11 is 0. The Morgan fingerprint density at radius 1 is 0.697 bits per heavy atom. The van der Waals surface area contributed by atoms with E-state index in [2.05, 4.69) is 16.6 Å². The number of carbonyl (C=O) groups excluding carboxylic acids is 5. The van der Waals surface area contributed by atoms with Crippen molar-refractivity contribution < 1.29 is 57.1 Å². The second-order valence-electron chi connectivity index (χ2n) is 6.82. The van der Waals surface area contributed by atoms with Gasteiger partial charge in [0.1, 0.15) is 12.7 Å². The molecule has 12 nitrogen and oxygen atoms in total. The molecule has 1 fully saturated rings. The lowest BCUT2D eigenvalue weighted by Gasteiger charge is -2.44. The second kappa shape index (κ2) is 14.1. The molecular formula is C21H28O12. The molecule has 1 saturated heterocycles. The molecule has 1 aliphatic heterocycles. The van der Waals surface area contributed by atoms with E-state index < -0.39 is 60.6 Å². The van der Waals surface area contributed by atoms with Gasteiger partial charge in [0, 0.05) is 41.0 Å². The van der Waals surface area contributed by atoms with E-state index in [1.165, 1.54) is 13.8 Å². The normalized spacial score (nSPS) is 23.8. The predicted molar refractivity (Wildman–Crippen MR) is 107 cm³/mol. The highest BCUT2D eigenvalue weighted by atomic mass is 16.7. The van der Waals surface area contributed by atoms with Gasteiger partial charge in [0.25, 0.3) is 0 Å². The maximum absolute atomic E-state index is 11.7. The molecule has 33 heavy (non-hydrogen) atoms. The van der Waals surface area contributed by atoms with E-state index in [0.29, 0.717) is 0 Å². The third-order valence-corrected chi connectivity index (χ3v) is 3.93. The zero-order chi connectivity index (χ0) is 25.0. The van der Waals surface area contributed by atoms with Crippen LogP contribution in [0.3, 0.4) is 0 Å². The van der Waals surface area contributed by atoms with Crippen LogP contribution in [0.25, 0.3) is 0 Å². The smallest absolute Gasteiger partial charge is 0.303 e. The maximum Gasteiger partial charge on any atom is 0.303 e. The average molecular weight is 472 g/mol. The fraction of sp³-hybridized carbons (Fsp3) is 0.667. The van der Waals surface area contributed by atoms with Crippen LogP contribution in [0.5, 0.6) is 0 Å². The molecule has 0 aliphatic carbocycles. The Balaban J connectivity index is 3.07. The van der Waals surface area contributed by atoms with E-state index in [1.807, 2.05) is 0 Å². The molecule has 0 saturated carbocycles. The van der Waals surface area contributed by atoms with Gasteiger partial charge in [0.05, 0.1) is 6.61 Å². The summed E-state index contributed by atoms with van der Waals surface area (Å²) in [7, 11) is 0. The van der Waals surface area contributed by atoms with Crippen molar-refractivity contribution in [2.24, 2.45) is 0 Å². The maximum atomic E-state index is 11.7. The molecule has 5 atom stereocenters. The summed E-state index contributed by atoms with van der Waals surface area (Å²) in [6.45, 7) is 5.40. The van der Waals surface area contributed by atoms with Crippen LogP contribution in [-0.2, 0) is 57.1 Å². The van der Waals surface area contributed by atoms with Gasteiger partial charge in [-0.05, 0) is 0 Å². The predicted octanol–water partition coefficient (Wildman–Crippen LogP) is 0.0427. The Morgan fingerprint density at radius 2 is 1.24 bits per heavy atom. The third-order valence-electron chi connectivity index (χ3n) is 3.93. The van der Waals surface area contributed by atoms with Gasteiger partial charge in [0.2, 0.25) is 0 Å². The summed E-state index contributed by atoms with van der Waals surface area (Å²) in [5, 5.41) is 0. The molecular weight excluding hydrogens is 444 g/mol. The molecule has 0 aromatic carbocycles. The first-order valence-electron chi connectivity index (χ1n) is 10.0. The van der Waals surface area contributed by atoms with E-state index in [4.69, 9.17) is 28.4 Å². The van der Waals surface area contributed by atoms with Gasteiger partial charge >= 0.3 is 29.8 Å². The quantitative estimate of drug-likeness (QED) is 0.193. The Hall–Kier alpha value is -3.17. The highest BCUT2D eigenvalue weighted by Gasteiger charge is 2.52. The Labute approximate surface area is 191 Å². The van der Waals surface area contributed by atoms with Crippen LogP contribution >= 0.6 is 0 Å². The zero-order valence-electron chi connectivity index (χ0n) is 19.1. The average Bonchev–Trinajstić information content (AvgIpc) is 2.68. The van der Waals surface area contributed by atoms with Crippen molar-refractivity contribution in [3.05, 3.63) is 0 Å². The Morgan fingerprint density at radius 3 is 1.79 bits per heavy atom. The van der Waals surface area contributed by atoms with Crippen LogP contribution < -0.4 is 0 Å². The van der Waals surface area contributed by atoms with Crippen molar-refractivity contribution in [3.8, 4) is 11.8 Å². The molecule has 1 aliphatic rings. The van der Waals surface area contributed by atoms with Crippen LogP contribution in [0.4, 0.5) is 0 Å². The molecule has 0 radical (unpaired) electrons. The minimum Gasteiger partial charge on any atom is -0.463 e. The minimum atomic E-state index is -1.30. The SMILES string of the molecule is CC(=O)OCC#CCCO[C@@H]1O[C@H](COC(C)=O)[C@H](OC(C)=O)[C@H](OC(C)=O)[C@H]1OC(C)=O. The first kappa shape index (κ1) is 27.9. The Kier molecular flexibility index (Phi) is 11.9. The molecule has 0 aromatic heterocycles. The molecule has 0 aromatic rings. The van der Waals surface area contributed by atoms with Gasteiger partial charge in [-0.1, -0.05) is 11.8 Å². The highest BCUT2D eigenvalue weighted by molar-refractivity contribution is 5.68. The number of esters is 5. The van der Waals surface area contributed by atoms with Crippen LogP contribution in [0.15, 0.2) is 0 Å². The lowest BCUT2D eigenvalue weighted by atomic mass is 9.98. The van der Waals surface area contributed by atoms with Crippen molar-refractivity contribution in [1.82, 2.24) is 0 Å². The standard InChI is InChI=1S/C21H28O12/c1-12(22)27-9-7-6-8-10-28-21-20(32-16(5)26)19(31-15(4)25)18(30-14(3)24)17(33-21)11-29-13(2)23/h17-21H,8-11H2,1-5H3/t17-,18+,19+,20-,21-/m1/s1. The summed E-state index contributed by atoms with van der Waals surface area (Å²) in [5.41, 5.74) is 0. The lowest BCUT2D eigenvalue weighted by molar-refractivity contribution is -0.307. The first-order valence-corrected chi connectivity index (χ1v) is 10.0. The van der Waals surface area contributed by atoms with Gasteiger partial charge in [-0.2, -0.15) is 0 Å². The van der Waals surface area contributed by atoms with Crippen LogP contribution in [0.1, 0.15) is 41.0 Å². The largest absolute Gasteiger partial charge is 0.463 e. The molecule has 1 heterocycles. The van der Waals surface area contributed by atoms with Gasteiger partial charge in [0.15, 0.2) is 31.2 Å². The van der Waals surface area contributed by atoms with Gasteiger partial charge in [-0.3, -0.25) is 24.0 Å². The molecule has 0 amide bonds. The third kappa shape index (κ3) is 10.8. The van der Waals surface area contributed by atoms with Crippen LogP contribution in [0.2, 0.25) is 0 Å². The summed E-state index contributed by atoms with van der Waals surface area (Å²) in [5.74, 6) is 2.08. The van der Waals surface area contributed by atoms with E-state index in [-0.39, 0.29) is 26.2 Å². The van der Waals surface area contributed by atoms with Crippen molar-refractivity contribution in [1.29, 1.82) is 0 Å². The summed E-state index contributed by atoms with van der Waals surface area (Å²) in [4.78, 5) is 57.1. The number of carbonyl (C=O) groups is 5. The summed E-state index contributed by atoms with van der Waals surface area (Å²) in [6, 6.07) is 0. The van der Waals surface area contributed by atoms with E-state index in [9.17, 15) is 24.0 Å². The fourth-order valence-corrected chi connectivity index (χ4v) is 2.83. The van der Waals surface area contributed by atoms with Gasteiger partial charge in [-0.15, -0.1) is 0 Å². The highest BCUT2D eigenvalue weighted by Crippen LogP contribution is 2.30. The summed E-state index contributed by atoms with van der Waals surface area (Å²) in [6.07, 6.45) is -6.00. The molecule has 0 bridgehead atoms. The van der Waals surface area contributed by atoms with E-state index >= 15 is 0 Å². The zero-order valence-corrected chi connectivity index (χ0v) is 19.1. The lowest BCUT2D eigenvalue weighted by Crippen LogP contribution is -2.63. The molecule has 1 rings (SSSR count). The topological polar surface area (TPSA) is 150 Å². The number of hydrogen-bond acceptors (Lipinski definition) is 12. The molecule has 0 N–H and O–H groups in total. The Bertz CT molecular complexity index is 780. The monoisotopic (exact) mass is 472 g/mol. The van der Waals surface area contributed by atoms with Crippen LogP contribution in [0, 0.1) is 11.8 Å². The van der Waals surface area contributed by atoms with Crippen molar-refractivity contribution in [3.63, 3.8) is 0 Å². The van der Waals surface area contributed by atoms with Crippen molar-refractivity contribution in [2.75, 3.05) is 19.8 Å². The molecule has 0 unspecified atom stereocenters. The summed E-state index contributed by atoms with van der Waals surface area (Å²) < 4.78 is 36.9. The molecule has 184 valence electrons. The van der Waals surface area contributed by atoms with Crippen molar-refractivity contribution >= 4 is 29.8 Å². The van der Waals surface area contributed by atoms with Crippen molar-refractivity contribution in [2.45, 2.75) is 71.7 Å². The van der Waals surface area contributed by atoms with Gasteiger partial charge < -0.3 is 33.2 Å². The molecule has 0 spiro atoms. The minimum absolute atomic E-state index is 0.000805. The number of rotatable bonds is 9. The van der Waals surface area contributed by atoms with Crippen LogP contribution in [-0.4, -0.2) is 80.4 Å². The van der Waals surface area contributed by atoms with E-state index in [0.717, 1.165) is 20.8 Å².